The van der Waals surface area contributed by atoms with E-state index in [1.807, 2.05) is 20.8 Å². The van der Waals surface area contributed by atoms with Crippen molar-refractivity contribution in [2.24, 2.45) is 17.6 Å². The number of carbonyl (C=O) groups excluding carboxylic acids is 4. The van der Waals surface area contributed by atoms with Gasteiger partial charge in [-0.25, -0.2) is 4.98 Å². The molecule has 0 radical (unpaired) electrons. The van der Waals surface area contributed by atoms with E-state index in [9.17, 15) is 24.3 Å². The van der Waals surface area contributed by atoms with Crippen molar-refractivity contribution in [3.8, 4) is 5.75 Å². The zero-order valence-electron chi connectivity index (χ0n) is 28.4. The third kappa shape index (κ3) is 12.7. The van der Waals surface area contributed by atoms with Gasteiger partial charge in [0.05, 0.1) is 5.69 Å². The average Bonchev–Trinajstić information content (AvgIpc) is 3.48. The fraction of sp³-hybridized carbons (Fsp3) is 0.618. The number of nitrogens with one attached hydrogen (secondary N) is 2. The monoisotopic (exact) mass is 659 g/mol. The fourth-order valence-electron chi connectivity index (χ4n) is 5.32. The van der Waals surface area contributed by atoms with Crippen LogP contribution >= 0.6 is 11.3 Å². The molecule has 0 aliphatic heterocycles. The lowest BCUT2D eigenvalue weighted by Gasteiger charge is -2.33. The Morgan fingerprint density at radius 3 is 2.41 bits per heavy atom. The molecule has 3 unspecified atom stereocenters. The molecule has 0 aliphatic carbocycles. The molecule has 256 valence electrons. The van der Waals surface area contributed by atoms with Gasteiger partial charge in [0.1, 0.15) is 16.5 Å². The minimum atomic E-state index is -0.709. The number of esters is 1. The Kier molecular flexibility index (Phi) is 16.2. The van der Waals surface area contributed by atoms with E-state index in [0.29, 0.717) is 49.3 Å². The van der Waals surface area contributed by atoms with Crippen LogP contribution in [0, 0.1) is 11.8 Å². The number of unbranched alkanes of at least 4 members (excludes halogenated alkanes) is 1. The predicted molar refractivity (Wildman–Crippen MR) is 182 cm³/mol. The molecule has 11 nitrogen and oxygen atoms in total. The topological polar surface area (TPSA) is 164 Å². The summed E-state index contributed by atoms with van der Waals surface area (Å²) in [5, 5.41) is 18.3. The molecule has 0 fully saturated rings. The standard InChI is InChI=1S/C34H53N5O6S/c1-8-9-12-32(43)39(7)28(22(4)5)19-30(45-23(6)40)34-38-27(20-46-34)33(44)36-25(16-21(2)3)17-24-13-14-29(41)26(18-24)37-31(42)11-10-15-35/h13-14,18,20-22,25,28,30,41H,8-12,15-17,19,35H2,1-7H3,(H,36,44)(H,37,42). The number of thiazole rings is 1. The lowest BCUT2D eigenvalue weighted by Crippen LogP contribution is -2.41. The van der Waals surface area contributed by atoms with E-state index in [2.05, 4.69) is 29.5 Å². The molecular weight excluding hydrogens is 606 g/mol. The van der Waals surface area contributed by atoms with E-state index in [-0.39, 0.29) is 59.5 Å². The number of amides is 3. The molecule has 2 aromatic rings. The largest absolute Gasteiger partial charge is 0.506 e. The van der Waals surface area contributed by atoms with Gasteiger partial charge in [-0.2, -0.15) is 0 Å². The number of carbonyl (C=O) groups is 4. The summed E-state index contributed by atoms with van der Waals surface area (Å²) in [6.07, 6.45) is 3.81. The molecule has 0 bridgehead atoms. The number of aromatic nitrogens is 1. The molecule has 0 saturated heterocycles. The SMILES string of the molecule is CCCCC(=O)N(C)C(CC(OC(C)=O)c1nc(C(=O)NC(Cc2ccc(O)c(NC(=O)CCCN)c2)CC(C)C)cs1)C(C)C. The molecule has 3 atom stereocenters. The Morgan fingerprint density at radius 2 is 1.80 bits per heavy atom. The lowest BCUT2D eigenvalue weighted by atomic mass is 9.96. The number of anilines is 1. The first-order valence-electron chi connectivity index (χ1n) is 16.3. The van der Waals surface area contributed by atoms with Gasteiger partial charge in [0.25, 0.3) is 5.91 Å². The second-order valence-electron chi connectivity index (χ2n) is 12.6. The van der Waals surface area contributed by atoms with E-state index < -0.39 is 12.1 Å². The number of nitrogens with zero attached hydrogens (tertiary/aromatic N) is 2. The number of benzene rings is 1. The van der Waals surface area contributed by atoms with E-state index in [1.165, 1.54) is 24.3 Å². The summed E-state index contributed by atoms with van der Waals surface area (Å²) >= 11 is 1.25. The van der Waals surface area contributed by atoms with Crippen molar-refractivity contribution in [1.82, 2.24) is 15.2 Å². The molecule has 3 amide bonds. The molecule has 0 aliphatic rings. The third-order valence-corrected chi connectivity index (χ3v) is 8.65. The van der Waals surface area contributed by atoms with E-state index in [0.717, 1.165) is 18.4 Å². The van der Waals surface area contributed by atoms with Gasteiger partial charge in [-0.1, -0.05) is 47.1 Å². The zero-order valence-corrected chi connectivity index (χ0v) is 29.2. The van der Waals surface area contributed by atoms with Crippen LogP contribution in [0.1, 0.15) is 114 Å². The third-order valence-electron chi connectivity index (χ3n) is 7.71. The van der Waals surface area contributed by atoms with Gasteiger partial charge in [-0.3, -0.25) is 19.2 Å². The summed E-state index contributed by atoms with van der Waals surface area (Å²) < 4.78 is 5.69. The van der Waals surface area contributed by atoms with Gasteiger partial charge in [-0.15, -0.1) is 11.3 Å². The van der Waals surface area contributed by atoms with Crippen LogP contribution in [0.15, 0.2) is 23.6 Å². The zero-order chi connectivity index (χ0) is 34.4. The summed E-state index contributed by atoms with van der Waals surface area (Å²) in [5.41, 5.74) is 6.87. The van der Waals surface area contributed by atoms with Crippen molar-refractivity contribution in [1.29, 1.82) is 0 Å². The van der Waals surface area contributed by atoms with Crippen molar-refractivity contribution in [2.45, 2.75) is 111 Å². The molecule has 1 heterocycles. The van der Waals surface area contributed by atoms with E-state index in [4.69, 9.17) is 10.5 Å². The molecular formula is C34H53N5O6S. The fourth-order valence-corrected chi connectivity index (χ4v) is 6.16. The highest BCUT2D eigenvalue weighted by Gasteiger charge is 2.31. The second kappa shape index (κ2) is 19.2. The Labute approximate surface area is 277 Å². The maximum absolute atomic E-state index is 13.4. The molecule has 0 spiro atoms. The smallest absolute Gasteiger partial charge is 0.303 e. The minimum Gasteiger partial charge on any atom is -0.506 e. The van der Waals surface area contributed by atoms with Crippen molar-refractivity contribution in [2.75, 3.05) is 18.9 Å². The van der Waals surface area contributed by atoms with Crippen LogP contribution in [0.5, 0.6) is 5.75 Å². The number of rotatable bonds is 19. The number of nitrogens with two attached hydrogens (primary N) is 1. The molecule has 1 aromatic carbocycles. The van der Waals surface area contributed by atoms with Crippen LogP contribution in [-0.4, -0.2) is 64.4 Å². The first kappa shape index (κ1) is 38.7. The first-order valence-corrected chi connectivity index (χ1v) is 17.1. The number of ether oxygens (including phenoxy) is 1. The Balaban J connectivity index is 2.23. The van der Waals surface area contributed by atoms with Crippen molar-refractivity contribution in [3.63, 3.8) is 0 Å². The molecule has 0 saturated carbocycles. The first-order chi connectivity index (χ1) is 21.7. The van der Waals surface area contributed by atoms with Crippen molar-refractivity contribution < 1.29 is 29.0 Å². The van der Waals surface area contributed by atoms with Gasteiger partial charge >= 0.3 is 5.97 Å². The van der Waals surface area contributed by atoms with Crippen LogP contribution in [0.3, 0.4) is 0 Å². The number of aromatic hydroxyl groups is 1. The Bertz CT molecular complexity index is 1300. The normalized spacial score (nSPS) is 13.3. The van der Waals surface area contributed by atoms with Gasteiger partial charge in [0.2, 0.25) is 11.8 Å². The van der Waals surface area contributed by atoms with Gasteiger partial charge in [-0.05, 0) is 61.8 Å². The van der Waals surface area contributed by atoms with E-state index in [1.54, 1.807) is 29.5 Å². The second-order valence-corrected chi connectivity index (χ2v) is 13.5. The van der Waals surface area contributed by atoms with Crippen LogP contribution in [0.25, 0.3) is 0 Å². The highest BCUT2D eigenvalue weighted by atomic mass is 32.1. The van der Waals surface area contributed by atoms with Gasteiger partial charge in [0.15, 0.2) is 6.10 Å². The highest BCUT2D eigenvalue weighted by molar-refractivity contribution is 7.09. The number of phenols is 1. The highest BCUT2D eigenvalue weighted by Crippen LogP contribution is 2.31. The van der Waals surface area contributed by atoms with Crippen molar-refractivity contribution in [3.05, 3.63) is 39.8 Å². The van der Waals surface area contributed by atoms with Gasteiger partial charge in [0, 0.05) is 50.7 Å². The Hall–Kier alpha value is -3.51. The molecule has 2 rings (SSSR count). The number of hydrogen-bond acceptors (Lipinski definition) is 9. The summed E-state index contributed by atoms with van der Waals surface area (Å²) in [4.78, 5) is 56.9. The summed E-state index contributed by atoms with van der Waals surface area (Å²) in [5.74, 6) is -0.651. The lowest BCUT2D eigenvalue weighted by molar-refractivity contribution is -0.148. The maximum Gasteiger partial charge on any atom is 0.303 e. The molecule has 12 heteroatoms. The molecule has 46 heavy (non-hydrogen) atoms. The van der Waals surface area contributed by atoms with Crippen LogP contribution in [0.2, 0.25) is 0 Å². The quantitative estimate of drug-likeness (QED) is 0.112. The minimum absolute atomic E-state index is 0.0390. The molecule has 1 aromatic heterocycles. The Morgan fingerprint density at radius 1 is 1.09 bits per heavy atom. The summed E-state index contributed by atoms with van der Waals surface area (Å²) in [6.45, 7) is 12.0. The maximum atomic E-state index is 13.4. The summed E-state index contributed by atoms with van der Waals surface area (Å²) in [6, 6.07) is 4.58. The predicted octanol–water partition coefficient (Wildman–Crippen LogP) is 5.58. The van der Waals surface area contributed by atoms with E-state index >= 15 is 0 Å². The summed E-state index contributed by atoms with van der Waals surface area (Å²) in [7, 11) is 1.79. The van der Waals surface area contributed by atoms with Crippen molar-refractivity contribution >= 4 is 40.7 Å². The molecule has 5 N–H and O–H groups in total. The number of hydrogen-bond donors (Lipinski definition) is 4. The average molecular weight is 660 g/mol. The number of phenolic OH excluding ortho intramolecular Hbond substituents is 1. The van der Waals surface area contributed by atoms with Crippen LogP contribution in [0.4, 0.5) is 5.69 Å². The van der Waals surface area contributed by atoms with Crippen LogP contribution < -0.4 is 16.4 Å². The van der Waals surface area contributed by atoms with Crippen LogP contribution in [-0.2, 0) is 25.5 Å². The van der Waals surface area contributed by atoms with Gasteiger partial charge < -0.3 is 31.1 Å².